The minimum absolute atomic E-state index is 0. The van der Waals surface area contributed by atoms with E-state index in [-0.39, 0.29) is 48.6 Å². The van der Waals surface area contributed by atoms with Crippen molar-refractivity contribution < 1.29 is 52.3 Å². The third-order valence-electron chi connectivity index (χ3n) is 7.42. The number of halogens is 2. The lowest BCUT2D eigenvalue weighted by molar-refractivity contribution is -0.944. The van der Waals surface area contributed by atoms with Crippen molar-refractivity contribution in [3.05, 3.63) is 83.6 Å². The molecule has 0 fully saturated rings. The van der Waals surface area contributed by atoms with Gasteiger partial charge in [0, 0.05) is 18.9 Å². The molecule has 2 heterocycles. The third kappa shape index (κ3) is 13.8. The zero-order chi connectivity index (χ0) is 31.8. The number of carbonyl (C=O) groups is 2. The Morgan fingerprint density at radius 1 is 0.911 bits per heavy atom. The molecular formula is C34H45ClIN3O5S. The van der Waals surface area contributed by atoms with Crippen LogP contribution in [0, 0.1) is 0 Å². The fraction of sp³-hybridized carbons (Fsp3) is 0.471. The van der Waals surface area contributed by atoms with Gasteiger partial charge in [0.15, 0.2) is 5.56 Å². The smallest absolute Gasteiger partial charge is 0.314 e. The molecule has 4 rings (SSSR count). The fourth-order valence-corrected chi connectivity index (χ4v) is 5.45. The normalized spacial score (nSPS) is 17.0. The summed E-state index contributed by atoms with van der Waals surface area (Å²) in [4.78, 5) is 23.6. The van der Waals surface area contributed by atoms with E-state index in [1.54, 1.807) is 6.92 Å². The second-order valence-corrected chi connectivity index (χ2v) is 12.3. The highest BCUT2D eigenvalue weighted by atomic mass is 127. The summed E-state index contributed by atoms with van der Waals surface area (Å²) < 4.78 is 26.1. The number of esters is 2. The van der Waals surface area contributed by atoms with Gasteiger partial charge in [-0.25, -0.2) is 0 Å². The minimum atomic E-state index is -0.559. The molecule has 1 aliphatic rings. The second kappa shape index (κ2) is 20.6. The zero-order valence-electron chi connectivity index (χ0n) is 26.6. The van der Waals surface area contributed by atoms with E-state index < -0.39 is 5.56 Å². The van der Waals surface area contributed by atoms with Crippen LogP contribution in [-0.2, 0) is 31.9 Å². The van der Waals surface area contributed by atoms with E-state index in [0.29, 0.717) is 23.4 Å². The van der Waals surface area contributed by atoms with Crippen molar-refractivity contribution in [1.29, 1.82) is 0 Å². The van der Waals surface area contributed by atoms with Gasteiger partial charge in [0.2, 0.25) is 6.23 Å². The molecular weight excluding hydrogens is 725 g/mol. The highest BCUT2D eigenvalue weighted by molar-refractivity contribution is 6.99. The van der Waals surface area contributed by atoms with Gasteiger partial charge in [-0.05, 0) is 24.5 Å². The average Bonchev–Trinajstić information content (AvgIpc) is 3.47. The second-order valence-electron chi connectivity index (χ2n) is 11.2. The van der Waals surface area contributed by atoms with Crippen LogP contribution >= 0.6 is 23.3 Å². The molecule has 3 unspecified atom stereocenters. The predicted octanol–water partition coefficient (Wildman–Crippen LogP) is 4.22. The van der Waals surface area contributed by atoms with Crippen LogP contribution in [0.3, 0.4) is 0 Å². The molecule has 45 heavy (non-hydrogen) atoms. The van der Waals surface area contributed by atoms with Gasteiger partial charge in [-0.3, -0.25) is 14.1 Å². The number of ether oxygens (including phenoxy) is 3. The van der Waals surface area contributed by atoms with Crippen LogP contribution < -0.4 is 28.7 Å². The number of rotatable bonds is 14. The van der Waals surface area contributed by atoms with Crippen LogP contribution in [0.2, 0.25) is 0 Å². The van der Waals surface area contributed by atoms with E-state index >= 15 is 0 Å². The van der Waals surface area contributed by atoms with Crippen molar-refractivity contribution in [2.75, 3.05) is 26.7 Å². The first-order valence-corrected chi connectivity index (χ1v) is 16.5. The molecule has 1 aromatic heterocycles. The van der Waals surface area contributed by atoms with Crippen molar-refractivity contribution in [2.24, 2.45) is 0 Å². The Morgan fingerprint density at radius 3 is 2.09 bits per heavy atom. The first-order valence-electron chi connectivity index (χ1n) is 15.3. The Bertz CT molecular complexity index is 1330. The Labute approximate surface area is 294 Å². The van der Waals surface area contributed by atoms with Gasteiger partial charge in [0.05, 0.1) is 44.8 Å². The number of quaternary nitrogens is 1. The number of aromatic nitrogens is 2. The van der Waals surface area contributed by atoms with Crippen LogP contribution in [0.25, 0.3) is 5.57 Å². The summed E-state index contributed by atoms with van der Waals surface area (Å²) >= 11 is 6.69. The maximum absolute atomic E-state index is 12.5. The highest BCUT2D eigenvalue weighted by Gasteiger charge is 2.36. The van der Waals surface area contributed by atoms with Crippen molar-refractivity contribution in [3.63, 3.8) is 0 Å². The van der Waals surface area contributed by atoms with Gasteiger partial charge in [0.1, 0.15) is 12.2 Å². The van der Waals surface area contributed by atoms with Crippen LogP contribution in [0.4, 0.5) is 0 Å². The van der Waals surface area contributed by atoms with Gasteiger partial charge in [-0.2, -0.15) is 4.37 Å². The highest BCUT2D eigenvalue weighted by Crippen LogP contribution is 2.31. The van der Waals surface area contributed by atoms with E-state index in [1.165, 1.54) is 31.0 Å². The van der Waals surface area contributed by atoms with Crippen molar-refractivity contribution in [1.82, 2.24) is 8.75 Å². The summed E-state index contributed by atoms with van der Waals surface area (Å²) in [6.07, 6.45) is 8.09. The van der Waals surface area contributed by atoms with E-state index in [1.807, 2.05) is 67.6 Å². The lowest BCUT2D eigenvalue weighted by Crippen LogP contribution is -3.00. The summed E-state index contributed by atoms with van der Waals surface area (Å²) in [5, 5.41) is 0. The topological polar surface area (TPSA) is 87.6 Å². The monoisotopic (exact) mass is 769 g/mol. The predicted molar refractivity (Wildman–Crippen MR) is 175 cm³/mol. The van der Waals surface area contributed by atoms with Gasteiger partial charge in [-0.1, -0.05) is 105 Å². The first-order chi connectivity index (χ1) is 21.2. The number of hydrogen-bond donors (Lipinski definition) is 0. The molecule has 11 heteroatoms. The summed E-state index contributed by atoms with van der Waals surface area (Å²) in [5.74, 6) is 0.143. The molecule has 8 nitrogen and oxygen atoms in total. The largest absolute Gasteiger partial charge is 1.00 e. The number of nitrogens with zero attached hydrogens (tertiary/aromatic N) is 3. The summed E-state index contributed by atoms with van der Waals surface area (Å²) in [5.41, 5.74) is 3.31. The van der Waals surface area contributed by atoms with Crippen molar-refractivity contribution >= 4 is 40.8 Å². The van der Waals surface area contributed by atoms with Crippen molar-refractivity contribution in [2.45, 2.75) is 77.5 Å². The van der Waals surface area contributed by atoms with Gasteiger partial charge in [-0.15, -0.1) is 4.37 Å². The maximum atomic E-state index is 12.5. The maximum Gasteiger partial charge on any atom is 0.314 e. The molecule has 2 aromatic carbocycles. The molecule has 0 radical (unpaired) electrons. The molecule has 3 atom stereocenters. The van der Waals surface area contributed by atoms with E-state index in [9.17, 15) is 9.59 Å². The standard InChI is InChI=1S/C24H34N3O3S.C10H11ClO2.HI/c1-4-5-6-10-16-29-24-23(25-31-26-24)21-14-11-15-27(3,18-21)19(2)30-22(28)17-20-12-8-7-9-13-20;1-8(11)13-10(12)7-9-5-3-2-4-6-9;/h7-9,12-14,19H,4-6,10-11,15-18H2,1-3H3;2-6,8H,7H2,1H3;1H/q+1;;/p-1. The number of benzene rings is 2. The Hall–Kier alpha value is -2.54. The molecule has 0 saturated carbocycles. The van der Waals surface area contributed by atoms with Crippen LogP contribution in [0.1, 0.15) is 69.7 Å². The quantitative estimate of drug-likeness (QED) is 0.0799. The molecule has 0 amide bonds. The summed E-state index contributed by atoms with van der Waals surface area (Å²) in [6.45, 7) is 8.12. The zero-order valence-corrected chi connectivity index (χ0v) is 30.4. The molecule has 246 valence electrons. The summed E-state index contributed by atoms with van der Waals surface area (Å²) in [7, 11) is 2.14. The lowest BCUT2D eigenvalue weighted by Gasteiger charge is -2.41. The van der Waals surface area contributed by atoms with E-state index in [4.69, 9.17) is 25.8 Å². The van der Waals surface area contributed by atoms with E-state index in [2.05, 4.69) is 28.8 Å². The molecule has 0 spiro atoms. The average molecular weight is 770 g/mol. The SMILES string of the molecule is CC(Cl)OC(=O)Cc1ccccc1.CCCCCCOc1nsnc1C1=CCC[N+](C)(C(C)OC(=O)Cc2ccccc2)C1.[I-]. The summed E-state index contributed by atoms with van der Waals surface area (Å²) in [6, 6.07) is 19.1. The number of hydrogen-bond acceptors (Lipinski definition) is 8. The molecule has 3 aromatic rings. The van der Waals surface area contributed by atoms with Crippen LogP contribution in [0.15, 0.2) is 66.7 Å². The Morgan fingerprint density at radius 2 is 1.51 bits per heavy atom. The Balaban J connectivity index is 0.000000424. The van der Waals surface area contributed by atoms with Gasteiger partial charge < -0.3 is 38.2 Å². The number of alkyl halides is 1. The van der Waals surface area contributed by atoms with Crippen LogP contribution in [-0.4, -0.2) is 63.7 Å². The fourth-order valence-electron chi connectivity index (χ4n) is 4.82. The number of carbonyl (C=O) groups excluding carboxylic acids is 2. The lowest BCUT2D eigenvalue weighted by atomic mass is 10.0. The molecule has 0 saturated heterocycles. The number of likely N-dealkylation sites (N-methyl/N-ethyl adjacent to an activating group) is 1. The minimum Gasteiger partial charge on any atom is -1.00 e. The third-order valence-corrected chi connectivity index (χ3v) is 8.02. The Kier molecular flexibility index (Phi) is 17.7. The molecule has 0 N–H and O–H groups in total. The molecule has 0 bridgehead atoms. The number of unbranched alkanes of at least 4 members (excludes halogenated alkanes) is 3. The van der Waals surface area contributed by atoms with Crippen LogP contribution in [0.5, 0.6) is 5.88 Å². The van der Waals surface area contributed by atoms with Gasteiger partial charge in [0.25, 0.3) is 5.88 Å². The first kappa shape index (κ1) is 38.6. The van der Waals surface area contributed by atoms with E-state index in [0.717, 1.165) is 48.3 Å². The van der Waals surface area contributed by atoms with Gasteiger partial charge >= 0.3 is 11.9 Å². The molecule has 0 aliphatic carbocycles. The molecule has 1 aliphatic heterocycles. The van der Waals surface area contributed by atoms with Crippen molar-refractivity contribution in [3.8, 4) is 5.88 Å².